The van der Waals surface area contributed by atoms with Crippen LogP contribution in [0, 0.1) is 0 Å². The number of aromatic nitrogens is 3. The molecule has 0 saturated carbocycles. The first-order valence-corrected chi connectivity index (χ1v) is 10.0. The molecule has 4 aromatic rings. The molecule has 1 fully saturated rings. The Labute approximate surface area is 169 Å². The fourth-order valence-corrected chi connectivity index (χ4v) is 4.10. The second-order valence-corrected chi connectivity index (χ2v) is 7.63. The van der Waals surface area contributed by atoms with Gasteiger partial charge in [-0.3, -0.25) is 4.90 Å². The van der Waals surface area contributed by atoms with Crippen LogP contribution in [0.5, 0.6) is 5.75 Å². The third kappa shape index (κ3) is 3.76. The van der Waals surface area contributed by atoms with Crippen molar-refractivity contribution in [2.75, 3.05) is 20.2 Å². The number of fused-ring (bicyclic) bond motifs is 1. The fourth-order valence-electron chi connectivity index (χ4n) is 4.10. The molecular formula is C23H24N4O2. The minimum Gasteiger partial charge on any atom is -0.497 e. The van der Waals surface area contributed by atoms with Crippen LogP contribution in [-0.2, 0) is 6.54 Å². The van der Waals surface area contributed by atoms with Gasteiger partial charge >= 0.3 is 0 Å². The van der Waals surface area contributed by atoms with Gasteiger partial charge < -0.3 is 9.15 Å². The van der Waals surface area contributed by atoms with Crippen molar-refractivity contribution in [3.05, 3.63) is 72.6 Å². The first-order chi connectivity index (χ1) is 14.3. The molecule has 0 aliphatic carbocycles. The van der Waals surface area contributed by atoms with E-state index in [1.165, 1.54) is 5.56 Å². The summed E-state index contributed by atoms with van der Waals surface area (Å²) < 4.78 is 12.5. The quantitative estimate of drug-likeness (QED) is 0.508. The van der Waals surface area contributed by atoms with Crippen LogP contribution in [0.1, 0.15) is 30.1 Å². The van der Waals surface area contributed by atoms with Crippen LogP contribution in [0.3, 0.4) is 0 Å². The van der Waals surface area contributed by atoms with Gasteiger partial charge in [-0.25, -0.2) is 9.50 Å². The Balaban J connectivity index is 1.38. The number of pyridine rings is 1. The number of benzene rings is 1. The molecule has 3 aromatic heterocycles. The second kappa shape index (κ2) is 7.72. The third-order valence-electron chi connectivity index (χ3n) is 5.61. The Morgan fingerprint density at radius 3 is 3.00 bits per heavy atom. The zero-order valence-corrected chi connectivity index (χ0v) is 16.5. The minimum absolute atomic E-state index is 0.357. The summed E-state index contributed by atoms with van der Waals surface area (Å²) in [6, 6.07) is 14.2. The van der Waals surface area contributed by atoms with E-state index in [0.29, 0.717) is 5.92 Å². The highest BCUT2D eigenvalue weighted by Crippen LogP contribution is 2.28. The van der Waals surface area contributed by atoms with Crippen LogP contribution in [0.4, 0.5) is 0 Å². The lowest BCUT2D eigenvalue weighted by Crippen LogP contribution is -2.34. The van der Waals surface area contributed by atoms with E-state index in [0.717, 1.165) is 60.8 Å². The molecule has 1 aromatic carbocycles. The van der Waals surface area contributed by atoms with E-state index in [4.69, 9.17) is 19.2 Å². The van der Waals surface area contributed by atoms with Crippen molar-refractivity contribution in [1.29, 1.82) is 0 Å². The van der Waals surface area contributed by atoms with Gasteiger partial charge in [0.25, 0.3) is 0 Å². The van der Waals surface area contributed by atoms with Crippen LogP contribution in [0.15, 0.2) is 65.6 Å². The summed E-state index contributed by atoms with van der Waals surface area (Å²) in [6.07, 6.45) is 7.90. The van der Waals surface area contributed by atoms with Gasteiger partial charge in [0.1, 0.15) is 5.75 Å². The van der Waals surface area contributed by atoms with Gasteiger partial charge in [0.05, 0.1) is 19.6 Å². The van der Waals surface area contributed by atoms with Crippen molar-refractivity contribution in [3.63, 3.8) is 0 Å². The maximum Gasteiger partial charge on any atom is 0.156 e. The zero-order valence-electron chi connectivity index (χ0n) is 16.5. The first-order valence-electron chi connectivity index (χ1n) is 10.0. The molecule has 1 aliphatic heterocycles. The Morgan fingerprint density at radius 1 is 1.17 bits per heavy atom. The molecule has 4 heterocycles. The molecule has 6 heteroatoms. The van der Waals surface area contributed by atoms with Crippen LogP contribution in [-0.4, -0.2) is 39.7 Å². The minimum atomic E-state index is 0.357. The SMILES string of the molecule is COc1cccc(-c2ccc3nc([C@H]4CCCN(Cc5ccoc5)C4)nn3c2)c1. The lowest BCUT2D eigenvalue weighted by Gasteiger charge is -2.30. The predicted octanol–water partition coefficient (Wildman–Crippen LogP) is 4.38. The van der Waals surface area contributed by atoms with Crippen LogP contribution in [0.25, 0.3) is 16.8 Å². The van der Waals surface area contributed by atoms with Crippen molar-refractivity contribution in [2.24, 2.45) is 0 Å². The number of likely N-dealkylation sites (tertiary alicyclic amines) is 1. The van der Waals surface area contributed by atoms with Gasteiger partial charge in [0.2, 0.25) is 0 Å². The van der Waals surface area contributed by atoms with E-state index < -0.39 is 0 Å². The molecule has 0 radical (unpaired) electrons. The molecular weight excluding hydrogens is 364 g/mol. The first kappa shape index (κ1) is 17.9. The molecule has 0 bridgehead atoms. The number of rotatable bonds is 5. The number of piperidine rings is 1. The largest absolute Gasteiger partial charge is 0.497 e. The summed E-state index contributed by atoms with van der Waals surface area (Å²) in [4.78, 5) is 7.28. The molecule has 1 atom stereocenters. The molecule has 1 aliphatic rings. The Bertz CT molecular complexity index is 1100. The molecule has 29 heavy (non-hydrogen) atoms. The van der Waals surface area contributed by atoms with E-state index in [-0.39, 0.29) is 0 Å². The summed E-state index contributed by atoms with van der Waals surface area (Å²) in [7, 11) is 1.69. The number of hydrogen-bond acceptors (Lipinski definition) is 5. The van der Waals surface area contributed by atoms with Gasteiger partial charge in [-0.1, -0.05) is 12.1 Å². The summed E-state index contributed by atoms with van der Waals surface area (Å²) in [5.41, 5.74) is 4.31. The van der Waals surface area contributed by atoms with Gasteiger partial charge in [-0.2, -0.15) is 5.10 Å². The van der Waals surface area contributed by atoms with Gasteiger partial charge in [0.15, 0.2) is 11.5 Å². The number of ether oxygens (including phenoxy) is 1. The topological polar surface area (TPSA) is 55.8 Å². The van der Waals surface area contributed by atoms with Gasteiger partial charge in [-0.05, 0) is 55.3 Å². The highest BCUT2D eigenvalue weighted by atomic mass is 16.5. The average Bonchev–Trinajstić information content (AvgIpc) is 3.43. The van der Waals surface area contributed by atoms with Crippen LogP contribution in [0.2, 0.25) is 0 Å². The van der Waals surface area contributed by atoms with E-state index in [2.05, 4.69) is 17.0 Å². The monoisotopic (exact) mass is 388 g/mol. The number of hydrogen-bond donors (Lipinski definition) is 0. The van der Waals surface area contributed by atoms with Crippen molar-refractivity contribution < 1.29 is 9.15 Å². The summed E-state index contributed by atoms with van der Waals surface area (Å²) >= 11 is 0. The van der Waals surface area contributed by atoms with E-state index >= 15 is 0 Å². The molecule has 0 N–H and O–H groups in total. The summed E-state index contributed by atoms with van der Waals surface area (Å²) in [6.45, 7) is 3.00. The summed E-state index contributed by atoms with van der Waals surface area (Å²) in [5.74, 6) is 2.14. The second-order valence-electron chi connectivity index (χ2n) is 7.63. The molecule has 0 unspecified atom stereocenters. The molecule has 0 spiro atoms. The standard InChI is InChI=1S/C23H24N4O2/c1-28-21-6-2-4-18(12-21)19-7-8-22-24-23(25-27(22)15-19)20-5-3-10-26(14-20)13-17-9-11-29-16-17/h2,4,6-9,11-12,15-16,20H,3,5,10,13-14H2,1H3/t20-/m0/s1. The fraction of sp³-hybridized carbons (Fsp3) is 0.304. The molecule has 148 valence electrons. The maximum atomic E-state index is 5.35. The van der Waals surface area contributed by atoms with Crippen molar-refractivity contribution in [1.82, 2.24) is 19.5 Å². The predicted molar refractivity (Wildman–Crippen MR) is 111 cm³/mol. The van der Waals surface area contributed by atoms with Crippen LogP contribution >= 0.6 is 0 Å². The van der Waals surface area contributed by atoms with Crippen molar-refractivity contribution >= 4 is 5.65 Å². The van der Waals surface area contributed by atoms with E-state index in [1.54, 1.807) is 13.4 Å². The average molecular weight is 388 g/mol. The Hall–Kier alpha value is -3.12. The van der Waals surface area contributed by atoms with Gasteiger partial charge in [0, 0.05) is 36.3 Å². The Kier molecular flexibility index (Phi) is 4.77. The lowest BCUT2D eigenvalue weighted by molar-refractivity contribution is 0.196. The van der Waals surface area contributed by atoms with Crippen LogP contribution < -0.4 is 4.74 Å². The number of furan rings is 1. The van der Waals surface area contributed by atoms with Gasteiger partial charge in [-0.15, -0.1) is 0 Å². The maximum absolute atomic E-state index is 5.35. The summed E-state index contributed by atoms with van der Waals surface area (Å²) in [5, 5.41) is 4.83. The highest BCUT2D eigenvalue weighted by Gasteiger charge is 2.25. The molecule has 5 rings (SSSR count). The van der Waals surface area contributed by atoms with Crippen molar-refractivity contribution in [3.8, 4) is 16.9 Å². The lowest BCUT2D eigenvalue weighted by atomic mass is 9.97. The van der Waals surface area contributed by atoms with Crippen molar-refractivity contribution in [2.45, 2.75) is 25.3 Å². The number of nitrogens with zero attached hydrogens (tertiary/aromatic N) is 4. The highest BCUT2D eigenvalue weighted by molar-refractivity contribution is 5.65. The molecule has 0 amide bonds. The molecule has 1 saturated heterocycles. The van der Waals surface area contributed by atoms with E-state index in [9.17, 15) is 0 Å². The smallest absolute Gasteiger partial charge is 0.156 e. The van der Waals surface area contributed by atoms with E-state index in [1.807, 2.05) is 47.3 Å². The zero-order chi connectivity index (χ0) is 19.6. The Morgan fingerprint density at radius 2 is 2.14 bits per heavy atom. The molecule has 6 nitrogen and oxygen atoms in total. The number of methoxy groups -OCH3 is 1. The normalized spacial score (nSPS) is 17.6. The third-order valence-corrected chi connectivity index (χ3v) is 5.61.